The van der Waals surface area contributed by atoms with Crippen LogP contribution in [0.2, 0.25) is 5.02 Å². The predicted octanol–water partition coefficient (Wildman–Crippen LogP) is 5.82. The van der Waals surface area contributed by atoms with E-state index >= 15 is 4.39 Å². The van der Waals surface area contributed by atoms with Gasteiger partial charge in [-0.25, -0.2) is 14.0 Å². The molecule has 10 nitrogen and oxygen atoms in total. The summed E-state index contributed by atoms with van der Waals surface area (Å²) in [5.41, 5.74) is 1.91. The number of rotatable bonds is 7. The second-order valence-electron chi connectivity index (χ2n) is 12.6. The number of hydrogen-bond acceptors (Lipinski definition) is 6. The molecule has 0 radical (unpaired) electrons. The van der Waals surface area contributed by atoms with Gasteiger partial charge in [0, 0.05) is 44.3 Å². The molecule has 12 heteroatoms. The first-order valence-electron chi connectivity index (χ1n) is 14.4. The first-order valence-corrected chi connectivity index (χ1v) is 14.8. The predicted molar refractivity (Wildman–Crippen MR) is 171 cm³/mol. The van der Waals surface area contributed by atoms with E-state index in [4.69, 9.17) is 16.3 Å². The number of aromatic nitrogens is 3. The Hall–Kier alpha value is -4.64. The van der Waals surface area contributed by atoms with Crippen LogP contribution >= 0.6 is 11.6 Å². The Morgan fingerprint density at radius 3 is 2.44 bits per heavy atom. The highest BCUT2D eigenvalue weighted by Gasteiger charge is 2.36. The van der Waals surface area contributed by atoms with Gasteiger partial charge in [-0.05, 0) is 86.7 Å². The number of pyridine rings is 1. The number of carbonyl (C=O) groups is 2. The normalized spacial score (nSPS) is 16.6. The summed E-state index contributed by atoms with van der Waals surface area (Å²) < 4.78 is 23.5. The Bertz CT molecular complexity index is 1850. The van der Waals surface area contributed by atoms with Gasteiger partial charge in [-0.1, -0.05) is 17.7 Å². The molecule has 5 rings (SSSR count). The van der Waals surface area contributed by atoms with Crippen LogP contribution < -0.4 is 15.9 Å². The topological polar surface area (TPSA) is 119 Å². The Morgan fingerprint density at radius 1 is 1.11 bits per heavy atom. The molecule has 0 bridgehead atoms. The molecule has 236 valence electrons. The van der Waals surface area contributed by atoms with Crippen LogP contribution in [0.3, 0.4) is 0 Å². The van der Waals surface area contributed by atoms with Gasteiger partial charge in [0.25, 0.3) is 0 Å². The number of carbonyl (C=O) groups excluding carboxylic acids is 1. The molecule has 0 aliphatic carbocycles. The summed E-state index contributed by atoms with van der Waals surface area (Å²) in [5, 5.41) is 13.1. The Morgan fingerprint density at radius 2 is 1.82 bits per heavy atom. The smallest absolute Gasteiger partial charge is 0.408 e. The molecular weight excluding hydrogens is 601 g/mol. The number of alkyl carbamates (subject to hydrolysis) is 1. The maximum absolute atomic E-state index is 15.2. The number of anilines is 1. The monoisotopic (exact) mass is 635 g/mol. The number of carboxylic acid groups (broad SMARTS) is 1. The van der Waals surface area contributed by atoms with E-state index in [1.807, 2.05) is 13.0 Å². The molecule has 2 aromatic heterocycles. The van der Waals surface area contributed by atoms with Gasteiger partial charge in [0.1, 0.15) is 11.4 Å². The average Bonchev–Trinajstić information content (AvgIpc) is 3.49. The lowest BCUT2D eigenvalue weighted by atomic mass is 9.90. The molecule has 2 aromatic carbocycles. The third-order valence-corrected chi connectivity index (χ3v) is 7.99. The average molecular weight is 636 g/mol. The van der Waals surface area contributed by atoms with Crippen molar-refractivity contribution in [3.05, 3.63) is 88.1 Å². The minimum absolute atomic E-state index is 0.244. The van der Waals surface area contributed by atoms with E-state index in [9.17, 15) is 19.5 Å². The van der Waals surface area contributed by atoms with Crippen molar-refractivity contribution in [2.24, 2.45) is 7.05 Å². The third-order valence-electron chi connectivity index (χ3n) is 7.68. The number of benzene rings is 2. The first-order chi connectivity index (χ1) is 21.1. The maximum atomic E-state index is 15.2. The summed E-state index contributed by atoms with van der Waals surface area (Å²) >= 11 is 6.60. The lowest BCUT2D eigenvalue weighted by Crippen LogP contribution is -2.49. The number of aliphatic carboxylic acids is 1. The third kappa shape index (κ3) is 7.04. The number of halogens is 2. The van der Waals surface area contributed by atoms with Gasteiger partial charge >= 0.3 is 17.8 Å². The molecule has 1 aliphatic rings. The number of carboxylic acids is 1. The minimum atomic E-state index is -1.09. The van der Waals surface area contributed by atoms with Crippen LogP contribution in [-0.2, 0) is 23.0 Å². The fourth-order valence-corrected chi connectivity index (χ4v) is 5.86. The molecule has 3 heterocycles. The van der Waals surface area contributed by atoms with E-state index in [0.29, 0.717) is 53.0 Å². The summed E-state index contributed by atoms with van der Waals surface area (Å²) in [5.74, 6) is -1.65. The van der Waals surface area contributed by atoms with E-state index in [2.05, 4.69) is 15.2 Å². The first kappa shape index (κ1) is 31.8. The van der Waals surface area contributed by atoms with Crippen LogP contribution in [0.5, 0.6) is 0 Å². The van der Waals surface area contributed by atoms with Crippen molar-refractivity contribution in [1.29, 1.82) is 0 Å². The fourth-order valence-electron chi connectivity index (χ4n) is 5.59. The van der Waals surface area contributed by atoms with Gasteiger partial charge in [-0.3, -0.25) is 14.3 Å². The number of ether oxygens (including phenoxy) is 1. The van der Waals surface area contributed by atoms with Gasteiger partial charge in [0.05, 0.1) is 34.6 Å². The second kappa shape index (κ2) is 12.0. The van der Waals surface area contributed by atoms with Crippen LogP contribution in [0.25, 0.3) is 27.9 Å². The maximum Gasteiger partial charge on any atom is 0.408 e. The molecule has 1 aliphatic heterocycles. The number of nitrogens with one attached hydrogen (secondary N) is 1. The molecule has 0 spiro atoms. The number of imidazole rings is 1. The summed E-state index contributed by atoms with van der Waals surface area (Å²) in [6.45, 7) is 8.48. The van der Waals surface area contributed by atoms with Crippen molar-refractivity contribution in [3.63, 3.8) is 0 Å². The molecular formula is C33H35ClFN5O5. The standard InChI is InChI=1S/C33H35ClFN5O5/c1-32(2,3)45-30(43)37-33(4)8-9-39(19-33)23-12-21(17-36-18-23)25-15-22(35)14-24(26(25)16-29(41)42)20-6-7-28(27(34)13-20)40-11-10-38(5)31(40)44/h6-7,10-15,17-18H,8-9,16,19H2,1-5H3,(H,37,43)(H,41,42)/t33-/m0/s1. The Labute approximate surface area is 265 Å². The quantitative estimate of drug-likeness (QED) is 0.263. The number of nitrogens with zero attached hydrogens (tertiary/aromatic N) is 4. The second-order valence-corrected chi connectivity index (χ2v) is 13.0. The molecule has 1 saturated heterocycles. The van der Waals surface area contributed by atoms with Crippen molar-refractivity contribution in [3.8, 4) is 27.9 Å². The Balaban J connectivity index is 1.50. The zero-order chi connectivity index (χ0) is 32.7. The number of aryl methyl sites for hydroxylation is 1. The number of amides is 1. The summed E-state index contributed by atoms with van der Waals surface area (Å²) in [6.07, 6.45) is 6.25. The fraction of sp³-hybridized carbons (Fsp3) is 0.333. The molecule has 0 unspecified atom stereocenters. The largest absolute Gasteiger partial charge is 0.481 e. The van der Waals surface area contributed by atoms with Gasteiger partial charge < -0.3 is 24.6 Å². The summed E-state index contributed by atoms with van der Waals surface area (Å²) in [7, 11) is 1.63. The highest BCUT2D eigenvalue weighted by molar-refractivity contribution is 6.32. The molecule has 45 heavy (non-hydrogen) atoms. The van der Waals surface area contributed by atoms with Crippen molar-refractivity contribution >= 4 is 29.4 Å². The lowest BCUT2D eigenvalue weighted by Gasteiger charge is -2.29. The summed E-state index contributed by atoms with van der Waals surface area (Å²) in [6, 6.07) is 9.35. The highest BCUT2D eigenvalue weighted by Crippen LogP contribution is 2.38. The van der Waals surface area contributed by atoms with Gasteiger partial charge in [0.15, 0.2) is 0 Å². The highest BCUT2D eigenvalue weighted by atomic mass is 35.5. The van der Waals surface area contributed by atoms with Gasteiger partial charge in [-0.2, -0.15) is 0 Å². The molecule has 1 amide bonds. The van der Waals surface area contributed by atoms with Crippen molar-refractivity contribution in [2.75, 3.05) is 18.0 Å². The Kier molecular flexibility index (Phi) is 8.50. The minimum Gasteiger partial charge on any atom is -0.481 e. The van der Waals surface area contributed by atoms with E-state index in [1.165, 1.54) is 21.3 Å². The van der Waals surface area contributed by atoms with Crippen molar-refractivity contribution in [1.82, 2.24) is 19.4 Å². The lowest BCUT2D eigenvalue weighted by molar-refractivity contribution is -0.136. The molecule has 1 fully saturated rings. The van der Waals surface area contributed by atoms with Crippen molar-refractivity contribution in [2.45, 2.75) is 51.7 Å². The van der Waals surface area contributed by atoms with Crippen LogP contribution in [0.4, 0.5) is 14.9 Å². The van der Waals surface area contributed by atoms with Crippen LogP contribution in [0, 0.1) is 5.82 Å². The zero-order valence-electron chi connectivity index (χ0n) is 25.7. The molecule has 4 aromatic rings. The van der Waals surface area contributed by atoms with E-state index in [-0.39, 0.29) is 17.1 Å². The molecule has 2 N–H and O–H groups in total. The molecule has 1 atom stereocenters. The van der Waals surface area contributed by atoms with Crippen LogP contribution in [0.1, 0.15) is 39.7 Å². The van der Waals surface area contributed by atoms with Gasteiger partial charge in [0.2, 0.25) is 0 Å². The van der Waals surface area contributed by atoms with Gasteiger partial charge in [-0.15, -0.1) is 0 Å². The molecule has 0 saturated carbocycles. The van der Waals surface area contributed by atoms with E-state index in [0.717, 1.165) is 5.69 Å². The summed E-state index contributed by atoms with van der Waals surface area (Å²) in [4.78, 5) is 43.5. The number of hydrogen-bond donors (Lipinski definition) is 2. The van der Waals surface area contributed by atoms with Crippen LogP contribution in [-0.4, -0.2) is 55.5 Å². The van der Waals surface area contributed by atoms with Crippen LogP contribution in [0.15, 0.2) is 66.0 Å². The zero-order valence-corrected chi connectivity index (χ0v) is 26.5. The van der Waals surface area contributed by atoms with E-state index < -0.39 is 29.0 Å². The van der Waals surface area contributed by atoms with E-state index in [1.54, 1.807) is 70.8 Å². The SMILES string of the molecule is Cn1ccn(-c2ccc(-c3cc(F)cc(-c4cncc(N5CC[C@](C)(NC(=O)OC(C)(C)C)C5)c4)c3CC(=O)O)cc2Cl)c1=O. The van der Waals surface area contributed by atoms with Crippen molar-refractivity contribution < 1.29 is 23.8 Å².